The molecule has 2 aliphatic rings. The maximum absolute atomic E-state index is 12.1. The SMILES string of the molecule is NC(=O)[C@@H]1C[C@]2(CN1)C(=O)Nc1ccccc12. The van der Waals surface area contributed by atoms with Crippen molar-refractivity contribution in [3.05, 3.63) is 29.8 Å². The van der Waals surface area contributed by atoms with Crippen molar-refractivity contribution in [3.63, 3.8) is 0 Å². The van der Waals surface area contributed by atoms with E-state index in [9.17, 15) is 9.59 Å². The number of anilines is 1. The lowest BCUT2D eigenvalue weighted by molar-refractivity contribution is -0.120. The Labute approximate surface area is 98.4 Å². The molecule has 0 unspecified atom stereocenters. The highest BCUT2D eigenvalue weighted by atomic mass is 16.2. The predicted octanol–water partition coefficient (Wildman–Crippen LogP) is -0.276. The number of benzene rings is 1. The summed E-state index contributed by atoms with van der Waals surface area (Å²) in [6.45, 7) is 0.462. The first-order valence-corrected chi connectivity index (χ1v) is 5.57. The largest absolute Gasteiger partial charge is 0.368 e. The number of hydrogen-bond donors (Lipinski definition) is 3. The van der Waals surface area contributed by atoms with Crippen molar-refractivity contribution in [2.24, 2.45) is 5.73 Å². The van der Waals surface area contributed by atoms with Crippen molar-refractivity contribution in [2.45, 2.75) is 17.9 Å². The number of carbonyl (C=O) groups is 2. The van der Waals surface area contributed by atoms with Crippen LogP contribution in [0.25, 0.3) is 0 Å². The first kappa shape index (κ1) is 10.3. The molecule has 0 bridgehead atoms. The smallest absolute Gasteiger partial charge is 0.236 e. The van der Waals surface area contributed by atoms with Crippen LogP contribution in [0.15, 0.2) is 24.3 Å². The molecule has 2 heterocycles. The third kappa shape index (κ3) is 1.29. The third-order valence-corrected chi connectivity index (χ3v) is 3.67. The van der Waals surface area contributed by atoms with E-state index in [4.69, 9.17) is 5.73 Å². The molecule has 1 aromatic rings. The van der Waals surface area contributed by atoms with Gasteiger partial charge in [-0.15, -0.1) is 0 Å². The molecule has 5 nitrogen and oxygen atoms in total. The number of carbonyl (C=O) groups excluding carboxylic acids is 2. The second kappa shape index (κ2) is 3.30. The number of primary amides is 1. The van der Waals surface area contributed by atoms with Crippen LogP contribution in [-0.2, 0) is 15.0 Å². The lowest BCUT2D eigenvalue weighted by Gasteiger charge is -2.19. The molecule has 4 N–H and O–H groups in total. The van der Waals surface area contributed by atoms with Gasteiger partial charge in [-0.25, -0.2) is 0 Å². The van der Waals surface area contributed by atoms with E-state index in [1.54, 1.807) is 0 Å². The fourth-order valence-electron chi connectivity index (χ4n) is 2.74. The van der Waals surface area contributed by atoms with Gasteiger partial charge in [-0.2, -0.15) is 0 Å². The maximum atomic E-state index is 12.1. The van der Waals surface area contributed by atoms with Crippen molar-refractivity contribution in [3.8, 4) is 0 Å². The van der Waals surface area contributed by atoms with Gasteiger partial charge in [0.25, 0.3) is 0 Å². The Hall–Kier alpha value is -1.88. The predicted molar refractivity (Wildman–Crippen MR) is 62.4 cm³/mol. The summed E-state index contributed by atoms with van der Waals surface area (Å²) in [6.07, 6.45) is 0.436. The maximum Gasteiger partial charge on any atom is 0.236 e. The van der Waals surface area contributed by atoms with Crippen LogP contribution in [0, 0.1) is 0 Å². The van der Waals surface area contributed by atoms with Gasteiger partial charge in [-0.1, -0.05) is 18.2 Å². The normalized spacial score (nSPS) is 30.4. The monoisotopic (exact) mass is 231 g/mol. The van der Waals surface area contributed by atoms with E-state index in [-0.39, 0.29) is 5.91 Å². The minimum absolute atomic E-state index is 0.0463. The topological polar surface area (TPSA) is 84.2 Å². The van der Waals surface area contributed by atoms with Crippen LogP contribution in [0.1, 0.15) is 12.0 Å². The lowest BCUT2D eigenvalue weighted by atomic mass is 9.79. The number of para-hydroxylation sites is 1. The summed E-state index contributed by atoms with van der Waals surface area (Å²) in [5, 5.41) is 5.88. The number of nitrogens with two attached hydrogens (primary N) is 1. The molecule has 1 fully saturated rings. The van der Waals surface area contributed by atoms with Gasteiger partial charge >= 0.3 is 0 Å². The van der Waals surface area contributed by atoms with Gasteiger partial charge in [-0.05, 0) is 18.1 Å². The van der Waals surface area contributed by atoms with Crippen molar-refractivity contribution < 1.29 is 9.59 Å². The summed E-state index contributed by atoms with van der Waals surface area (Å²) in [4.78, 5) is 23.3. The molecule has 88 valence electrons. The molecule has 1 spiro atoms. The van der Waals surface area contributed by atoms with Crippen LogP contribution in [0.5, 0.6) is 0 Å². The molecule has 1 aromatic carbocycles. The van der Waals surface area contributed by atoms with Gasteiger partial charge in [0.05, 0.1) is 11.5 Å². The Kier molecular flexibility index (Phi) is 2.00. The summed E-state index contributed by atoms with van der Waals surface area (Å²) in [5.74, 6) is -0.450. The molecule has 2 amide bonds. The highest BCUT2D eigenvalue weighted by molar-refractivity contribution is 6.07. The van der Waals surface area contributed by atoms with Gasteiger partial charge in [0.2, 0.25) is 11.8 Å². The minimum atomic E-state index is -0.629. The Bertz CT molecular complexity index is 514. The summed E-state index contributed by atoms with van der Waals surface area (Å²) in [5.41, 5.74) is 6.45. The van der Waals surface area contributed by atoms with Crippen molar-refractivity contribution in [1.82, 2.24) is 5.32 Å². The first-order valence-electron chi connectivity index (χ1n) is 5.57. The second-order valence-electron chi connectivity index (χ2n) is 4.62. The van der Waals surface area contributed by atoms with E-state index >= 15 is 0 Å². The van der Waals surface area contributed by atoms with Crippen molar-refractivity contribution >= 4 is 17.5 Å². The molecule has 0 saturated carbocycles. The Balaban J connectivity index is 2.04. The number of amides is 2. The van der Waals surface area contributed by atoms with Crippen LogP contribution < -0.4 is 16.4 Å². The molecular formula is C12H13N3O2. The van der Waals surface area contributed by atoms with Gasteiger partial charge in [-0.3, -0.25) is 9.59 Å². The molecule has 2 atom stereocenters. The van der Waals surface area contributed by atoms with E-state index in [0.717, 1.165) is 11.3 Å². The summed E-state index contributed by atoms with van der Waals surface area (Å²) >= 11 is 0. The zero-order valence-corrected chi connectivity index (χ0v) is 9.19. The Morgan fingerprint density at radius 2 is 2.18 bits per heavy atom. The zero-order valence-electron chi connectivity index (χ0n) is 9.19. The molecule has 0 radical (unpaired) electrons. The first-order chi connectivity index (χ1) is 8.13. The van der Waals surface area contributed by atoms with E-state index in [2.05, 4.69) is 10.6 Å². The fraction of sp³-hybridized carbons (Fsp3) is 0.333. The molecule has 17 heavy (non-hydrogen) atoms. The fourth-order valence-corrected chi connectivity index (χ4v) is 2.74. The Morgan fingerprint density at radius 3 is 2.88 bits per heavy atom. The molecular weight excluding hydrogens is 218 g/mol. The zero-order chi connectivity index (χ0) is 12.0. The van der Waals surface area contributed by atoms with Crippen LogP contribution in [0.2, 0.25) is 0 Å². The molecule has 3 rings (SSSR count). The highest BCUT2D eigenvalue weighted by Crippen LogP contribution is 2.43. The minimum Gasteiger partial charge on any atom is -0.368 e. The number of hydrogen-bond acceptors (Lipinski definition) is 3. The van der Waals surface area contributed by atoms with Gasteiger partial charge in [0.1, 0.15) is 0 Å². The highest BCUT2D eigenvalue weighted by Gasteiger charge is 2.52. The average molecular weight is 231 g/mol. The van der Waals surface area contributed by atoms with E-state index in [1.807, 2.05) is 24.3 Å². The second-order valence-corrected chi connectivity index (χ2v) is 4.62. The summed E-state index contributed by atoms with van der Waals surface area (Å²) in [6, 6.07) is 7.16. The molecule has 1 saturated heterocycles. The van der Waals surface area contributed by atoms with E-state index in [1.165, 1.54) is 0 Å². The van der Waals surface area contributed by atoms with Crippen LogP contribution in [0.3, 0.4) is 0 Å². The van der Waals surface area contributed by atoms with Crippen LogP contribution in [0.4, 0.5) is 5.69 Å². The molecule has 0 aromatic heterocycles. The number of fused-ring (bicyclic) bond motifs is 2. The quantitative estimate of drug-likeness (QED) is 0.621. The van der Waals surface area contributed by atoms with E-state index in [0.29, 0.717) is 13.0 Å². The van der Waals surface area contributed by atoms with Crippen LogP contribution >= 0.6 is 0 Å². The van der Waals surface area contributed by atoms with Crippen molar-refractivity contribution in [2.75, 3.05) is 11.9 Å². The number of rotatable bonds is 1. The van der Waals surface area contributed by atoms with Gasteiger partial charge in [0.15, 0.2) is 0 Å². The van der Waals surface area contributed by atoms with E-state index < -0.39 is 17.4 Å². The third-order valence-electron chi connectivity index (χ3n) is 3.67. The molecule has 0 aliphatic carbocycles. The molecule has 5 heteroatoms. The van der Waals surface area contributed by atoms with Crippen LogP contribution in [-0.4, -0.2) is 24.4 Å². The lowest BCUT2D eigenvalue weighted by Crippen LogP contribution is -2.36. The summed E-state index contributed by atoms with van der Waals surface area (Å²) in [7, 11) is 0. The van der Waals surface area contributed by atoms with Gasteiger partial charge in [0, 0.05) is 12.2 Å². The summed E-state index contributed by atoms with van der Waals surface area (Å²) < 4.78 is 0. The Morgan fingerprint density at radius 1 is 1.41 bits per heavy atom. The van der Waals surface area contributed by atoms with Crippen molar-refractivity contribution in [1.29, 1.82) is 0 Å². The van der Waals surface area contributed by atoms with Gasteiger partial charge < -0.3 is 16.4 Å². The standard InChI is InChI=1S/C12H13N3O2/c13-10(16)9-5-12(6-14-9)7-3-1-2-4-8(7)15-11(12)17/h1-4,9,14H,5-6H2,(H2,13,16)(H,15,17)/t9-,12+/m0/s1. The average Bonchev–Trinajstić information content (AvgIpc) is 2.85. The molecule has 2 aliphatic heterocycles. The number of nitrogens with one attached hydrogen (secondary N) is 2.